The largest absolute Gasteiger partial charge is 0.350 e. The number of amides is 1. The second-order valence-corrected chi connectivity index (χ2v) is 5.20. The molecule has 2 aromatic heterocycles. The first-order valence-electron chi connectivity index (χ1n) is 5.96. The Morgan fingerprint density at radius 3 is 2.75 bits per heavy atom. The molecule has 8 nitrogen and oxygen atoms in total. The summed E-state index contributed by atoms with van der Waals surface area (Å²) in [5, 5.41) is 2.79. The summed E-state index contributed by atoms with van der Waals surface area (Å²) in [6, 6.07) is 1.37. The molecule has 0 saturated carbocycles. The highest BCUT2D eigenvalue weighted by molar-refractivity contribution is 5.96. The average Bonchev–Trinajstić information content (AvgIpc) is 2.34. The summed E-state index contributed by atoms with van der Waals surface area (Å²) in [6.07, 6.45) is 1.29. The van der Waals surface area contributed by atoms with Gasteiger partial charge in [0, 0.05) is 18.3 Å². The minimum Gasteiger partial charge on any atom is -0.350 e. The van der Waals surface area contributed by atoms with Crippen molar-refractivity contribution in [2.24, 2.45) is 5.73 Å². The third-order valence-corrected chi connectivity index (χ3v) is 2.56. The van der Waals surface area contributed by atoms with Crippen LogP contribution in [0, 0.1) is 0 Å². The highest BCUT2D eigenvalue weighted by atomic mass is 16.2. The number of fused-ring (bicyclic) bond motifs is 1. The van der Waals surface area contributed by atoms with Gasteiger partial charge in [0.15, 0.2) is 0 Å². The van der Waals surface area contributed by atoms with E-state index in [2.05, 4.69) is 20.3 Å². The molecule has 2 rings (SSSR count). The van der Waals surface area contributed by atoms with Crippen molar-refractivity contribution in [3.05, 3.63) is 38.7 Å². The SMILES string of the molecule is CC(C)(N)CNC(=O)c1cnc2[nH]c(=O)[nH]c(=O)c2c1. The van der Waals surface area contributed by atoms with E-state index in [4.69, 9.17) is 5.73 Å². The van der Waals surface area contributed by atoms with Crippen LogP contribution >= 0.6 is 0 Å². The van der Waals surface area contributed by atoms with Gasteiger partial charge in [-0.2, -0.15) is 0 Å². The maximum atomic E-state index is 11.9. The molecule has 0 aliphatic rings. The highest BCUT2D eigenvalue weighted by Crippen LogP contribution is 2.05. The normalized spacial score (nSPS) is 11.6. The molecule has 0 aromatic carbocycles. The molecule has 0 atom stereocenters. The fraction of sp³-hybridized carbons (Fsp3) is 0.333. The number of aromatic nitrogens is 3. The summed E-state index contributed by atoms with van der Waals surface area (Å²) >= 11 is 0. The number of rotatable bonds is 3. The quantitative estimate of drug-likeness (QED) is 0.575. The van der Waals surface area contributed by atoms with Gasteiger partial charge >= 0.3 is 5.69 Å². The lowest BCUT2D eigenvalue weighted by atomic mass is 10.1. The molecule has 0 unspecified atom stereocenters. The van der Waals surface area contributed by atoms with Crippen LogP contribution in [0.1, 0.15) is 24.2 Å². The summed E-state index contributed by atoms with van der Waals surface area (Å²) in [6.45, 7) is 3.84. The second kappa shape index (κ2) is 4.89. The molecule has 0 spiro atoms. The molecule has 0 saturated heterocycles. The summed E-state index contributed by atoms with van der Waals surface area (Å²) in [5.74, 6) is -0.386. The lowest BCUT2D eigenvalue weighted by Gasteiger charge is -2.18. The smallest absolute Gasteiger partial charge is 0.327 e. The van der Waals surface area contributed by atoms with Crippen LogP contribution in [0.4, 0.5) is 0 Å². The van der Waals surface area contributed by atoms with Gasteiger partial charge in [-0.15, -0.1) is 0 Å². The van der Waals surface area contributed by atoms with Crippen molar-refractivity contribution >= 4 is 16.9 Å². The molecule has 0 aliphatic heterocycles. The Labute approximate surface area is 113 Å². The monoisotopic (exact) mass is 277 g/mol. The third-order valence-electron chi connectivity index (χ3n) is 2.56. The standard InChI is InChI=1S/C12H15N5O3/c1-12(2,13)5-15-9(18)6-3-7-8(14-4-6)16-11(20)17-10(7)19/h3-4H,5,13H2,1-2H3,(H,15,18)(H2,14,16,17,19,20). The number of pyridine rings is 1. The first-order valence-corrected chi connectivity index (χ1v) is 5.96. The Morgan fingerprint density at radius 2 is 2.10 bits per heavy atom. The minimum absolute atomic E-state index is 0.134. The van der Waals surface area contributed by atoms with E-state index in [1.54, 1.807) is 13.8 Å². The van der Waals surface area contributed by atoms with Crippen LogP contribution in [-0.4, -0.2) is 32.9 Å². The van der Waals surface area contributed by atoms with Gasteiger partial charge in [-0.05, 0) is 19.9 Å². The van der Waals surface area contributed by atoms with Crippen LogP contribution in [0.15, 0.2) is 21.9 Å². The molecule has 0 aliphatic carbocycles. The molecule has 2 heterocycles. The van der Waals surface area contributed by atoms with Gasteiger partial charge < -0.3 is 11.1 Å². The van der Waals surface area contributed by atoms with Crippen molar-refractivity contribution < 1.29 is 4.79 Å². The maximum absolute atomic E-state index is 11.9. The zero-order valence-corrected chi connectivity index (χ0v) is 11.1. The Bertz CT molecular complexity index is 769. The lowest BCUT2D eigenvalue weighted by molar-refractivity contribution is 0.0946. The fourth-order valence-electron chi connectivity index (χ4n) is 1.58. The number of nitrogens with one attached hydrogen (secondary N) is 3. The van der Waals surface area contributed by atoms with E-state index >= 15 is 0 Å². The summed E-state index contributed by atoms with van der Waals surface area (Å²) in [7, 11) is 0. The van der Waals surface area contributed by atoms with E-state index in [0.717, 1.165) is 0 Å². The fourth-order valence-corrected chi connectivity index (χ4v) is 1.58. The van der Waals surface area contributed by atoms with Crippen molar-refractivity contribution in [2.75, 3.05) is 6.54 Å². The lowest BCUT2D eigenvalue weighted by Crippen LogP contribution is -2.45. The third kappa shape index (κ3) is 3.09. The minimum atomic E-state index is -0.642. The van der Waals surface area contributed by atoms with Gasteiger partial charge in [-0.1, -0.05) is 0 Å². The first-order chi connectivity index (χ1) is 9.26. The zero-order valence-electron chi connectivity index (χ0n) is 11.1. The number of carbonyl (C=O) groups excluding carboxylic acids is 1. The number of carbonyl (C=O) groups is 1. The molecule has 1 amide bonds. The molecule has 0 bridgehead atoms. The Balaban J connectivity index is 2.35. The average molecular weight is 277 g/mol. The van der Waals surface area contributed by atoms with Gasteiger partial charge in [0.05, 0.1) is 10.9 Å². The number of hydrogen-bond acceptors (Lipinski definition) is 5. The van der Waals surface area contributed by atoms with Gasteiger partial charge in [0.1, 0.15) is 5.65 Å². The molecular formula is C12H15N5O3. The van der Waals surface area contributed by atoms with E-state index in [9.17, 15) is 14.4 Å². The highest BCUT2D eigenvalue weighted by Gasteiger charge is 2.14. The Hall–Kier alpha value is -2.48. The van der Waals surface area contributed by atoms with Crippen LogP contribution in [0.5, 0.6) is 0 Å². The van der Waals surface area contributed by atoms with Gasteiger partial charge in [-0.3, -0.25) is 19.6 Å². The van der Waals surface area contributed by atoms with Crippen molar-refractivity contribution in [3.63, 3.8) is 0 Å². The first kappa shape index (κ1) is 13.9. The van der Waals surface area contributed by atoms with E-state index < -0.39 is 16.8 Å². The van der Waals surface area contributed by atoms with E-state index in [0.29, 0.717) is 0 Å². The topological polar surface area (TPSA) is 134 Å². The summed E-state index contributed by atoms with van der Waals surface area (Å²) in [5.41, 5.74) is 4.35. The number of nitrogens with zero attached hydrogens (tertiary/aromatic N) is 1. The van der Waals surface area contributed by atoms with Gasteiger partial charge in [0.25, 0.3) is 11.5 Å². The molecule has 0 radical (unpaired) electrons. The molecule has 5 N–H and O–H groups in total. The Kier molecular flexibility index (Phi) is 3.41. The van der Waals surface area contributed by atoms with E-state index in [1.165, 1.54) is 12.3 Å². The maximum Gasteiger partial charge on any atom is 0.327 e. The van der Waals surface area contributed by atoms with Crippen molar-refractivity contribution in [2.45, 2.75) is 19.4 Å². The predicted octanol–water partition coefficient (Wildman–Crippen LogP) is -0.921. The van der Waals surface area contributed by atoms with Gasteiger partial charge in [-0.25, -0.2) is 9.78 Å². The summed E-state index contributed by atoms with van der Waals surface area (Å²) < 4.78 is 0. The van der Waals surface area contributed by atoms with Crippen LogP contribution in [-0.2, 0) is 0 Å². The number of hydrogen-bond donors (Lipinski definition) is 4. The number of nitrogens with two attached hydrogens (primary N) is 1. The Morgan fingerprint density at radius 1 is 1.40 bits per heavy atom. The molecule has 0 fully saturated rings. The molecular weight excluding hydrogens is 262 g/mol. The van der Waals surface area contributed by atoms with Crippen LogP contribution in [0.25, 0.3) is 11.0 Å². The van der Waals surface area contributed by atoms with E-state index in [1.807, 2.05) is 0 Å². The molecule has 20 heavy (non-hydrogen) atoms. The second-order valence-electron chi connectivity index (χ2n) is 5.20. The van der Waals surface area contributed by atoms with E-state index in [-0.39, 0.29) is 29.0 Å². The summed E-state index contributed by atoms with van der Waals surface area (Å²) in [4.78, 5) is 43.0. The molecule has 106 valence electrons. The van der Waals surface area contributed by atoms with Crippen molar-refractivity contribution in [1.29, 1.82) is 0 Å². The molecule has 8 heteroatoms. The van der Waals surface area contributed by atoms with Crippen LogP contribution in [0.2, 0.25) is 0 Å². The number of aromatic amines is 2. The molecule has 2 aromatic rings. The van der Waals surface area contributed by atoms with Crippen molar-refractivity contribution in [1.82, 2.24) is 20.3 Å². The van der Waals surface area contributed by atoms with Gasteiger partial charge in [0.2, 0.25) is 0 Å². The van der Waals surface area contributed by atoms with Crippen molar-refractivity contribution in [3.8, 4) is 0 Å². The zero-order chi connectivity index (χ0) is 14.9. The van der Waals surface area contributed by atoms with Crippen LogP contribution in [0.3, 0.4) is 0 Å². The van der Waals surface area contributed by atoms with Crippen LogP contribution < -0.4 is 22.3 Å². The predicted molar refractivity (Wildman–Crippen MR) is 73.6 cm³/mol. The number of H-pyrrole nitrogens is 2.